The molecule has 1 fully saturated rings. The molecule has 0 spiro atoms. The van der Waals surface area contributed by atoms with Crippen LogP contribution in [0.5, 0.6) is 0 Å². The van der Waals surface area contributed by atoms with Crippen molar-refractivity contribution in [2.24, 2.45) is 0 Å². The van der Waals surface area contributed by atoms with Gasteiger partial charge in [0.25, 0.3) is 5.91 Å². The number of rotatable bonds is 6. The molecule has 3 heterocycles. The summed E-state index contributed by atoms with van der Waals surface area (Å²) in [5.74, 6) is -4.15. The van der Waals surface area contributed by atoms with E-state index in [1.807, 2.05) is 36.4 Å². The molecule has 0 aliphatic carbocycles. The highest BCUT2D eigenvalue weighted by Crippen LogP contribution is 2.40. The lowest BCUT2D eigenvalue weighted by atomic mass is 10.0. The van der Waals surface area contributed by atoms with Gasteiger partial charge in [-0.3, -0.25) is 19.5 Å². The number of aromatic nitrogens is 1. The van der Waals surface area contributed by atoms with Gasteiger partial charge >= 0.3 is 18.1 Å². The van der Waals surface area contributed by atoms with Gasteiger partial charge in [0.1, 0.15) is 17.1 Å². The van der Waals surface area contributed by atoms with Crippen molar-refractivity contribution in [3.8, 4) is 0 Å². The SMILES string of the molecule is O=C(Cc1ccccc1)NC1C(=O)N2C(C(=O)O)=C(/C=C/c3cccnc3)CS[C@H]12.O=C(O)C(F)(F)F. The minimum absolute atomic E-state index is 0.0301. The smallest absolute Gasteiger partial charge is 0.477 e. The van der Waals surface area contributed by atoms with Crippen molar-refractivity contribution in [2.75, 3.05) is 5.75 Å². The van der Waals surface area contributed by atoms with Crippen LogP contribution in [0.2, 0.25) is 0 Å². The minimum Gasteiger partial charge on any atom is -0.477 e. The summed E-state index contributed by atoms with van der Waals surface area (Å²) >= 11 is 1.44. The molecule has 9 nitrogen and oxygen atoms in total. The lowest BCUT2D eigenvalue weighted by molar-refractivity contribution is -0.192. The average molecular weight is 536 g/mol. The number of carboxylic acid groups (broad SMARTS) is 2. The van der Waals surface area contributed by atoms with Crippen molar-refractivity contribution in [1.82, 2.24) is 15.2 Å². The van der Waals surface area contributed by atoms with E-state index in [1.165, 1.54) is 16.7 Å². The number of carbonyl (C=O) groups is 4. The second-order valence-electron chi connectivity index (χ2n) is 7.72. The third-order valence-corrected chi connectivity index (χ3v) is 6.43. The van der Waals surface area contributed by atoms with Crippen molar-refractivity contribution in [2.45, 2.75) is 24.0 Å². The maximum Gasteiger partial charge on any atom is 0.490 e. The molecule has 2 aliphatic heterocycles. The van der Waals surface area contributed by atoms with Crippen LogP contribution in [0.3, 0.4) is 0 Å². The van der Waals surface area contributed by atoms with Gasteiger partial charge in [0, 0.05) is 18.1 Å². The summed E-state index contributed by atoms with van der Waals surface area (Å²) in [5.41, 5.74) is 2.21. The highest BCUT2D eigenvalue weighted by Gasteiger charge is 2.53. The number of benzene rings is 1. The van der Waals surface area contributed by atoms with Crippen LogP contribution in [0, 0.1) is 0 Å². The van der Waals surface area contributed by atoms with Crippen molar-refractivity contribution in [3.63, 3.8) is 0 Å². The Labute approximate surface area is 212 Å². The number of thioether (sulfide) groups is 1. The number of β-lactam (4-membered cyclic amide) rings is 1. The van der Waals surface area contributed by atoms with Crippen LogP contribution in [-0.2, 0) is 25.6 Å². The van der Waals surface area contributed by atoms with Gasteiger partial charge in [0.15, 0.2) is 0 Å². The van der Waals surface area contributed by atoms with Gasteiger partial charge in [0.2, 0.25) is 5.91 Å². The predicted molar refractivity (Wildman–Crippen MR) is 127 cm³/mol. The van der Waals surface area contributed by atoms with E-state index in [-0.39, 0.29) is 18.0 Å². The van der Waals surface area contributed by atoms with Crippen LogP contribution in [0.25, 0.3) is 6.08 Å². The third-order valence-electron chi connectivity index (χ3n) is 5.13. The number of fused-ring (bicyclic) bond motifs is 1. The molecule has 37 heavy (non-hydrogen) atoms. The number of pyridine rings is 1. The summed E-state index contributed by atoms with van der Waals surface area (Å²) in [4.78, 5) is 51.1. The molecule has 1 aromatic heterocycles. The highest BCUT2D eigenvalue weighted by atomic mass is 32.2. The van der Waals surface area contributed by atoms with Gasteiger partial charge in [-0.15, -0.1) is 11.8 Å². The Hall–Kier alpha value is -4.13. The van der Waals surface area contributed by atoms with Gasteiger partial charge in [-0.25, -0.2) is 9.59 Å². The van der Waals surface area contributed by atoms with Crippen LogP contribution in [0.1, 0.15) is 11.1 Å². The Morgan fingerprint density at radius 3 is 2.35 bits per heavy atom. The lowest BCUT2D eigenvalue weighted by Crippen LogP contribution is -2.70. The minimum atomic E-state index is -5.08. The molecule has 3 N–H and O–H groups in total. The fraction of sp³-hybridized carbons (Fsp3) is 0.208. The molecule has 1 unspecified atom stereocenters. The Kier molecular flexibility index (Phi) is 8.71. The zero-order valence-corrected chi connectivity index (χ0v) is 19.7. The topological polar surface area (TPSA) is 137 Å². The highest BCUT2D eigenvalue weighted by molar-refractivity contribution is 8.00. The maximum atomic E-state index is 12.7. The monoisotopic (exact) mass is 535 g/mol. The molecule has 0 radical (unpaired) electrons. The van der Waals surface area contributed by atoms with Crippen molar-refractivity contribution in [3.05, 3.63) is 83.3 Å². The van der Waals surface area contributed by atoms with Gasteiger partial charge in [-0.1, -0.05) is 48.6 Å². The molecule has 1 saturated heterocycles. The first-order valence-corrected chi connectivity index (χ1v) is 11.7. The van der Waals surface area contributed by atoms with E-state index in [0.29, 0.717) is 11.3 Å². The van der Waals surface area contributed by atoms with Crippen LogP contribution < -0.4 is 5.32 Å². The van der Waals surface area contributed by atoms with E-state index in [0.717, 1.165) is 11.1 Å². The van der Waals surface area contributed by atoms with Gasteiger partial charge < -0.3 is 15.5 Å². The van der Waals surface area contributed by atoms with Gasteiger partial charge in [0.05, 0.1) is 6.42 Å². The second kappa shape index (κ2) is 11.7. The number of carboxylic acids is 2. The van der Waals surface area contributed by atoms with E-state index in [9.17, 15) is 32.7 Å². The maximum absolute atomic E-state index is 12.7. The molecule has 2 amide bonds. The first-order valence-electron chi connectivity index (χ1n) is 10.6. The molecular formula is C24H20F3N3O6S. The predicted octanol–water partition coefficient (Wildman–Crippen LogP) is 2.71. The normalized spacial score (nSPS) is 18.9. The number of halogens is 3. The Morgan fingerprint density at radius 2 is 1.78 bits per heavy atom. The molecule has 2 aliphatic rings. The summed E-state index contributed by atoms with van der Waals surface area (Å²) in [5, 5.41) is 19.2. The molecule has 4 rings (SSSR count). The fourth-order valence-electron chi connectivity index (χ4n) is 3.45. The zero-order chi connectivity index (χ0) is 27.2. The molecule has 194 valence electrons. The summed E-state index contributed by atoms with van der Waals surface area (Å²) in [6.07, 6.45) is 1.89. The molecule has 1 aromatic carbocycles. The molecule has 2 aromatic rings. The number of allylic oxidation sites excluding steroid dienone is 1. The number of alkyl halides is 3. The van der Waals surface area contributed by atoms with Gasteiger partial charge in [-0.05, 0) is 22.8 Å². The first-order chi connectivity index (χ1) is 17.5. The van der Waals surface area contributed by atoms with Crippen molar-refractivity contribution >= 4 is 41.6 Å². The number of carbonyl (C=O) groups excluding carboxylic acids is 2. The first kappa shape index (κ1) is 27.5. The summed E-state index contributed by atoms with van der Waals surface area (Å²) in [6, 6.07) is 12.2. The molecule has 13 heteroatoms. The van der Waals surface area contributed by atoms with Gasteiger partial charge in [-0.2, -0.15) is 13.2 Å². The molecule has 0 saturated carbocycles. The van der Waals surface area contributed by atoms with E-state index in [4.69, 9.17) is 9.90 Å². The molecular weight excluding hydrogens is 515 g/mol. The number of amides is 2. The van der Waals surface area contributed by atoms with Crippen molar-refractivity contribution in [1.29, 1.82) is 0 Å². The number of aliphatic carboxylic acids is 2. The van der Waals surface area contributed by atoms with E-state index < -0.39 is 35.4 Å². The second-order valence-corrected chi connectivity index (χ2v) is 8.82. The third kappa shape index (κ3) is 6.97. The van der Waals surface area contributed by atoms with Crippen LogP contribution in [0.15, 0.2) is 72.2 Å². The number of hydrogen-bond acceptors (Lipinski definition) is 6. The van der Waals surface area contributed by atoms with Crippen molar-refractivity contribution < 1.29 is 42.6 Å². The number of hydrogen-bond donors (Lipinski definition) is 3. The van der Waals surface area contributed by atoms with E-state index in [2.05, 4.69) is 10.3 Å². The Balaban J connectivity index is 0.000000479. The largest absolute Gasteiger partial charge is 0.490 e. The molecule has 0 bridgehead atoms. The van der Waals surface area contributed by atoms with Crippen LogP contribution in [0.4, 0.5) is 13.2 Å². The fourth-order valence-corrected chi connectivity index (χ4v) is 4.77. The molecule has 2 atom stereocenters. The summed E-state index contributed by atoms with van der Waals surface area (Å²) < 4.78 is 31.7. The quantitative estimate of drug-likeness (QED) is 0.481. The number of nitrogens with one attached hydrogen (secondary N) is 1. The van der Waals surface area contributed by atoms with E-state index >= 15 is 0 Å². The average Bonchev–Trinajstić information content (AvgIpc) is 2.86. The Bertz CT molecular complexity index is 1240. The zero-order valence-electron chi connectivity index (χ0n) is 18.9. The summed E-state index contributed by atoms with van der Waals surface area (Å²) in [6.45, 7) is 0. The Morgan fingerprint density at radius 1 is 1.11 bits per heavy atom. The summed E-state index contributed by atoms with van der Waals surface area (Å²) in [7, 11) is 0. The van der Waals surface area contributed by atoms with Crippen LogP contribution in [-0.4, -0.2) is 67.2 Å². The van der Waals surface area contributed by atoms with Crippen LogP contribution >= 0.6 is 11.8 Å². The lowest BCUT2D eigenvalue weighted by Gasteiger charge is -2.49. The number of nitrogens with zero attached hydrogens (tertiary/aromatic N) is 2. The van der Waals surface area contributed by atoms with E-state index in [1.54, 1.807) is 30.6 Å². The standard InChI is InChI=1S/C22H19N3O4S.C2HF3O2/c26-17(11-14-5-2-1-3-6-14)24-18-20(27)25-19(22(28)29)16(13-30-21(18)25)9-8-15-7-4-10-23-12-15;3-2(4,5)1(6)7/h1-10,12,18,21H,11,13H2,(H,24,26)(H,28,29);(H,6,7)/b9-8+;/t18?,21-;/m1./s1.